The number of carboxylic acids is 1. The quantitative estimate of drug-likeness (QED) is 0.810. The van der Waals surface area contributed by atoms with Crippen LogP contribution in [-0.4, -0.2) is 30.8 Å². The summed E-state index contributed by atoms with van der Waals surface area (Å²) in [6.45, 7) is 2.56. The van der Waals surface area contributed by atoms with Crippen molar-refractivity contribution in [2.24, 2.45) is 5.92 Å². The summed E-state index contributed by atoms with van der Waals surface area (Å²) >= 11 is 0. The molecule has 1 N–H and O–H groups in total. The van der Waals surface area contributed by atoms with Crippen molar-refractivity contribution >= 4 is 11.9 Å². The topological polar surface area (TPSA) is 82.1 Å². The Hall–Kier alpha value is -2.24. The predicted octanol–water partition coefficient (Wildman–Crippen LogP) is 2.17. The number of esters is 1. The highest BCUT2D eigenvalue weighted by Crippen LogP contribution is 2.39. The van der Waals surface area contributed by atoms with Gasteiger partial charge in [-0.1, -0.05) is 13.0 Å². The first kappa shape index (κ1) is 15.2. The summed E-state index contributed by atoms with van der Waals surface area (Å²) in [6.07, 6.45) is -0.0352. The van der Waals surface area contributed by atoms with Crippen molar-refractivity contribution < 1.29 is 28.9 Å². The molecular formula is C15H18O6. The molecule has 114 valence electrons. The van der Waals surface area contributed by atoms with E-state index < -0.39 is 24.0 Å². The smallest absolute Gasteiger partial charge is 0.311 e. The van der Waals surface area contributed by atoms with Gasteiger partial charge in [-0.05, 0) is 24.1 Å². The maximum atomic E-state index is 11.4. The molecule has 1 aliphatic rings. The SMILES string of the molecule is CCCOc1ccc([C@H]2OC(=O)C[C@@H]2C(=O)O)cc1OC. The van der Waals surface area contributed by atoms with Gasteiger partial charge in [-0.15, -0.1) is 0 Å². The zero-order valence-electron chi connectivity index (χ0n) is 12.0. The van der Waals surface area contributed by atoms with Gasteiger partial charge in [0.05, 0.1) is 20.1 Å². The summed E-state index contributed by atoms with van der Waals surface area (Å²) in [4.78, 5) is 22.6. The van der Waals surface area contributed by atoms with Crippen LogP contribution >= 0.6 is 0 Å². The number of carboxylic acid groups (broad SMARTS) is 1. The first-order valence-corrected chi connectivity index (χ1v) is 6.79. The van der Waals surface area contributed by atoms with Gasteiger partial charge in [0.1, 0.15) is 12.0 Å². The van der Waals surface area contributed by atoms with Crippen LogP contribution in [0.4, 0.5) is 0 Å². The standard InChI is InChI=1S/C15H18O6/c1-3-6-20-11-5-4-9(7-12(11)19-2)14-10(15(17)18)8-13(16)21-14/h4-5,7,10,14H,3,6,8H2,1-2H3,(H,17,18)/t10-,14+/m0/s1. The largest absolute Gasteiger partial charge is 0.493 e. The van der Waals surface area contributed by atoms with Crippen LogP contribution in [0.3, 0.4) is 0 Å². The second-order valence-electron chi connectivity index (χ2n) is 4.82. The maximum absolute atomic E-state index is 11.4. The Kier molecular flexibility index (Phi) is 4.67. The highest BCUT2D eigenvalue weighted by Gasteiger charge is 2.41. The zero-order valence-corrected chi connectivity index (χ0v) is 12.0. The van der Waals surface area contributed by atoms with Gasteiger partial charge in [0.2, 0.25) is 0 Å². The molecule has 6 nitrogen and oxygen atoms in total. The number of aliphatic carboxylic acids is 1. The van der Waals surface area contributed by atoms with Crippen molar-refractivity contribution in [3.8, 4) is 11.5 Å². The molecule has 1 saturated heterocycles. The third kappa shape index (κ3) is 3.26. The van der Waals surface area contributed by atoms with Crippen LogP contribution in [0.5, 0.6) is 11.5 Å². The van der Waals surface area contributed by atoms with E-state index in [9.17, 15) is 14.7 Å². The van der Waals surface area contributed by atoms with Gasteiger partial charge < -0.3 is 19.3 Å². The average Bonchev–Trinajstić information content (AvgIpc) is 2.87. The highest BCUT2D eigenvalue weighted by atomic mass is 16.6. The van der Waals surface area contributed by atoms with Crippen LogP contribution in [-0.2, 0) is 14.3 Å². The number of carbonyl (C=O) groups is 2. The number of methoxy groups -OCH3 is 1. The number of cyclic esters (lactones) is 1. The number of rotatable bonds is 6. The number of hydrogen-bond donors (Lipinski definition) is 1. The molecule has 0 aliphatic carbocycles. The highest BCUT2D eigenvalue weighted by molar-refractivity contribution is 5.82. The fraction of sp³-hybridized carbons (Fsp3) is 0.467. The Balaban J connectivity index is 2.27. The molecule has 2 atom stereocenters. The molecule has 0 spiro atoms. The fourth-order valence-corrected chi connectivity index (χ4v) is 2.27. The van der Waals surface area contributed by atoms with E-state index in [2.05, 4.69) is 0 Å². The molecule has 0 amide bonds. The molecule has 21 heavy (non-hydrogen) atoms. The second kappa shape index (κ2) is 6.47. The molecule has 2 rings (SSSR count). The second-order valence-corrected chi connectivity index (χ2v) is 4.82. The Bertz CT molecular complexity index is 539. The minimum Gasteiger partial charge on any atom is -0.493 e. The summed E-state index contributed by atoms with van der Waals surface area (Å²) in [5.74, 6) is -1.34. The van der Waals surface area contributed by atoms with Gasteiger partial charge in [-0.2, -0.15) is 0 Å². The van der Waals surface area contributed by atoms with E-state index in [1.165, 1.54) is 7.11 Å². The summed E-state index contributed by atoms with van der Waals surface area (Å²) in [5.41, 5.74) is 0.592. The van der Waals surface area contributed by atoms with Crippen LogP contribution in [0.1, 0.15) is 31.4 Å². The molecule has 1 aromatic carbocycles. The van der Waals surface area contributed by atoms with E-state index in [1.54, 1.807) is 18.2 Å². The zero-order chi connectivity index (χ0) is 15.4. The Labute approximate surface area is 122 Å². The van der Waals surface area contributed by atoms with Crippen molar-refractivity contribution in [2.45, 2.75) is 25.9 Å². The molecule has 1 aliphatic heterocycles. The van der Waals surface area contributed by atoms with Crippen molar-refractivity contribution in [3.05, 3.63) is 23.8 Å². The molecule has 0 saturated carbocycles. The molecule has 0 bridgehead atoms. The van der Waals surface area contributed by atoms with Crippen LogP contribution < -0.4 is 9.47 Å². The van der Waals surface area contributed by atoms with E-state index in [4.69, 9.17) is 14.2 Å². The van der Waals surface area contributed by atoms with E-state index in [-0.39, 0.29) is 6.42 Å². The molecule has 0 radical (unpaired) electrons. The number of benzene rings is 1. The van der Waals surface area contributed by atoms with E-state index >= 15 is 0 Å². The van der Waals surface area contributed by atoms with Crippen LogP contribution in [0.15, 0.2) is 18.2 Å². The average molecular weight is 294 g/mol. The lowest BCUT2D eigenvalue weighted by Gasteiger charge is -2.17. The molecule has 0 aromatic heterocycles. The summed E-state index contributed by atoms with van der Waals surface area (Å²) in [6, 6.07) is 5.06. The summed E-state index contributed by atoms with van der Waals surface area (Å²) in [7, 11) is 1.51. The number of carbonyl (C=O) groups excluding carboxylic acids is 1. The predicted molar refractivity (Wildman–Crippen MR) is 73.4 cm³/mol. The summed E-state index contributed by atoms with van der Waals surface area (Å²) in [5, 5.41) is 9.17. The van der Waals surface area contributed by atoms with Crippen LogP contribution in [0.2, 0.25) is 0 Å². The minimum absolute atomic E-state index is 0.115. The molecular weight excluding hydrogens is 276 g/mol. The van der Waals surface area contributed by atoms with Crippen molar-refractivity contribution in [3.63, 3.8) is 0 Å². The third-order valence-electron chi connectivity index (χ3n) is 3.31. The van der Waals surface area contributed by atoms with Crippen LogP contribution in [0.25, 0.3) is 0 Å². The molecule has 6 heteroatoms. The Morgan fingerprint density at radius 1 is 1.43 bits per heavy atom. The van der Waals surface area contributed by atoms with Gasteiger partial charge >= 0.3 is 11.9 Å². The van der Waals surface area contributed by atoms with Crippen LogP contribution in [0, 0.1) is 5.92 Å². The monoisotopic (exact) mass is 294 g/mol. The normalized spacial score (nSPS) is 21.0. The first-order valence-electron chi connectivity index (χ1n) is 6.79. The molecule has 1 aromatic rings. The van der Waals surface area contributed by atoms with Gasteiger partial charge in [-0.3, -0.25) is 9.59 Å². The lowest BCUT2D eigenvalue weighted by atomic mass is 9.95. The lowest BCUT2D eigenvalue weighted by molar-refractivity contribution is -0.144. The van der Waals surface area contributed by atoms with Gasteiger partial charge in [0.25, 0.3) is 0 Å². The van der Waals surface area contributed by atoms with E-state index in [0.29, 0.717) is 23.7 Å². The first-order chi connectivity index (χ1) is 10.1. The Morgan fingerprint density at radius 2 is 2.19 bits per heavy atom. The maximum Gasteiger partial charge on any atom is 0.311 e. The lowest BCUT2D eigenvalue weighted by Crippen LogP contribution is -2.17. The summed E-state index contributed by atoms with van der Waals surface area (Å²) < 4.78 is 15.9. The van der Waals surface area contributed by atoms with E-state index in [1.807, 2.05) is 6.92 Å². The van der Waals surface area contributed by atoms with Crippen molar-refractivity contribution in [1.82, 2.24) is 0 Å². The fourth-order valence-electron chi connectivity index (χ4n) is 2.27. The number of ether oxygens (including phenoxy) is 3. The van der Waals surface area contributed by atoms with Crippen molar-refractivity contribution in [2.75, 3.05) is 13.7 Å². The number of hydrogen-bond acceptors (Lipinski definition) is 5. The van der Waals surface area contributed by atoms with Gasteiger partial charge in [0.15, 0.2) is 11.5 Å². The molecule has 0 unspecified atom stereocenters. The van der Waals surface area contributed by atoms with E-state index in [0.717, 1.165) is 6.42 Å². The van der Waals surface area contributed by atoms with Crippen molar-refractivity contribution in [1.29, 1.82) is 0 Å². The van der Waals surface area contributed by atoms with Gasteiger partial charge in [-0.25, -0.2) is 0 Å². The molecule has 1 fully saturated rings. The van der Waals surface area contributed by atoms with Gasteiger partial charge in [0, 0.05) is 0 Å². The Morgan fingerprint density at radius 3 is 2.81 bits per heavy atom. The third-order valence-corrected chi connectivity index (χ3v) is 3.31. The molecule has 1 heterocycles. The minimum atomic E-state index is -1.05.